The van der Waals surface area contributed by atoms with Gasteiger partial charge in [-0.3, -0.25) is 4.79 Å². The van der Waals surface area contributed by atoms with Crippen LogP contribution in [0.1, 0.15) is 45.4 Å². The van der Waals surface area contributed by atoms with Crippen LogP contribution in [-0.2, 0) is 4.79 Å². The minimum atomic E-state index is -0.380. The minimum absolute atomic E-state index is 0.173. The van der Waals surface area contributed by atoms with Crippen molar-refractivity contribution in [1.82, 2.24) is 15.2 Å². The summed E-state index contributed by atoms with van der Waals surface area (Å²) >= 11 is 1.21. The number of carbonyl (C=O) groups is 1. The average Bonchev–Trinajstić information content (AvgIpc) is 2.97. The van der Waals surface area contributed by atoms with Crippen LogP contribution in [0.4, 0.5) is 5.95 Å². The molecule has 4 saturated carbocycles. The SMILES string of the molecule is C/C(=N/Nc1nc(SCC(N)=O)n[nH]1)C12CC3CC(CC(C3)C1)C2. The van der Waals surface area contributed by atoms with Crippen LogP contribution in [0.5, 0.6) is 0 Å². The van der Waals surface area contributed by atoms with Crippen molar-refractivity contribution in [3.05, 3.63) is 0 Å². The second-order valence-electron chi connectivity index (χ2n) is 7.73. The predicted octanol–water partition coefficient (Wildman–Crippen LogP) is 2.39. The maximum atomic E-state index is 10.8. The van der Waals surface area contributed by atoms with Gasteiger partial charge in [0.05, 0.1) is 5.75 Å². The van der Waals surface area contributed by atoms with Crippen molar-refractivity contribution >= 4 is 29.3 Å². The zero-order chi connectivity index (χ0) is 16.7. The molecule has 130 valence electrons. The summed E-state index contributed by atoms with van der Waals surface area (Å²) in [6, 6.07) is 0. The third-order valence-electron chi connectivity index (χ3n) is 5.94. The maximum absolute atomic E-state index is 10.8. The Morgan fingerprint density at radius 3 is 2.54 bits per heavy atom. The van der Waals surface area contributed by atoms with Crippen LogP contribution >= 0.6 is 11.8 Å². The van der Waals surface area contributed by atoms with E-state index in [9.17, 15) is 4.79 Å². The molecule has 7 nitrogen and oxygen atoms in total. The number of carbonyl (C=O) groups excluding carboxylic acids is 1. The fourth-order valence-electron chi connectivity index (χ4n) is 5.31. The number of primary amides is 1. The van der Waals surface area contributed by atoms with Crippen molar-refractivity contribution in [2.75, 3.05) is 11.2 Å². The number of rotatable bonds is 6. The zero-order valence-electron chi connectivity index (χ0n) is 13.9. The molecule has 5 rings (SSSR count). The molecule has 0 aliphatic heterocycles. The van der Waals surface area contributed by atoms with Gasteiger partial charge in [0.25, 0.3) is 0 Å². The van der Waals surface area contributed by atoms with E-state index in [0.29, 0.717) is 16.5 Å². The zero-order valence-corrected chi connectivity index (χ0v) is 14.7. The van der Waals surface area contributed by atoms with Gasteiger partial charge in [-0.1, -0.05) is 11.8 Å². The molecule has 1 heterocycles. The number of nitrogens with one attached hydrogen (secondary N) is 2. The van der Waals surface area contributed by atoms with Gasteiger partial charge in [-0.15, -0.1) is 5.10 Å². The van der Waals surface area contributed by atoms with Crippen molar-refractivity contribution in [3.63, 3.8) is 0 Å². The van der Waals surface area contributed by atoms with Crippen LogP contribution in [0.15, 0.2) is 10.3 Å². The van der Waals surface area contributed by atoms with Gasteiger partial charge in [0.1, 0.15) is 0 Å². The molecule has 1 amide bonds. The normalized spacial score (nSPS) is 34.5. The number of hydrogen-bond acceptors (Lipinski definition) is 6. The largest absolute Gasteiger partial charge is 0.369 e. The van der Waals surface area contributed by atoms with Gasteiger partial charge >= 0.3 is 0 Å². The van der Waals surface area contributed by atoms with Crippen molar-refractivity contribution in [2.45, 2.75) is 50.6 Å². The summed E-state index contributed by atoms with van der Waals surface area (Å²) in [6.07, 6.45) is 8.19. The highest BCUT2D eigenvalue weighted by Crippen LogP contribution is 2.60. The van der Waals surface area contributed by atoms with Crippen molar-refractivity contribution in [2.24, 2.45) is 34.0 Å². The van der Waals surface area contributed by atoms with Crippen molar-refractivity contribution < 1.29 is 4.79 Å². The molecule has 4 fully saturated rings. The molecule has 24 heavy (non-hydrogen) atoms. The molecule has 0 unspecified atom stereocenters. The summed E-state index contributed by atoms with van der Waals surface area (Å²) in [5.41, 5.74) is 9.63. The van der Waals surface area contributed by atoms with Crippen LogP contribution in [0.3, 0.4) is 0 Å². The third-order valence-corrected chi connectivity index (χ3v) is 6.81. The summed E-state index contributed by atoms with van der Waals surface area (Å²) in [7, 11) is 0. The minimum Gasteiger partial charge on any atom is -0.369 e. The monoisotopic (exact) mass is 348 g/mol. The number of nitrogens with zero attached hydrogens (tertiary/aromatic N) is 3. The topological polar surface area (TPSA) is 109 Å². The smallest absolute Gasteiger partial charge is 0.240 e. The molecule has 0 spiro atoms. The van der Waals surface area contributed by atoms with Crippen LogP contribution in [0.2, 0.25) is 0 Å². The Bertz CT molecular complexity index is 634. The van der Waals surface area contributed by atoms with Gasteiger partial charge in [-0.2, -0.15) is 10.1 Å². The molecule has 4 aliphatic rings. The molecule has 0 saturated heterocycles. The molecule has 1 aromatic heterocycles. The van der Waals surface area contributed by atoms with Gasteiger partial charge in [0.2, 0.25) is 17.0 Å². The van der Waals surface area contributed by atoms with E-state index < -0.39 is 0 Å². The van der Waals surface area contributed by atoms with Gasteiger partial charge in [-0.05, 0) is 63.2 Å². The molecular weight excluding hydrogens is 324 g/mol. The van der Waals surface area contributed by atoms with E-state index in [1.54, 1.807) is 0 Å². The summed E-state index contributed by atoms with van der Waals surface area (Å²) in [4.78, 5) is 15.1. The Morgan fingerprint density at radius 1 is 1.33 bits per heavy atom. The predicted molar refractivity (Wildman–Crippen MR) is 93.6 cm³/mol. The lowest BCUT2D eigenvalue weighted by atomic mass is 9.48. The Labute approximate surface area is 145 Å². The standard InChI is InChI=1S/C16H24N6OS/c1-9(16-5-10-2-11(6-16)4-12(3-10)7-16)19-20-14-18-15(22-21-14)24-8-13(17)23/h10-12H,2-8H2,1H3,(H2,17,23)(H2,18,20,21,22)/b19-9-. The average molecular weight is 348 g/mol. The summed E-state index contributed by atoms with van der Waals surface area (Å²) in [5, 5.41) is 12.0. The Balaban J connectivity index is 1.41. The lowest BCUT2D eigenvalue weighted by molar-refractivity contribution is -0.115. The van der Waals surface area contributed by atoms with E-state index in [2.05, 4.69) is 32.6 Å². The first-order valence-electron chi connectivity index (χ1n) is 8.67. The molecule has 1 aromatic rings. The number of amides is 1. The second-order valence-corrected chi connectivity index (χ2v) is 8.67. The number of hydrazone groups is 1. The van der Waals surface area contributed by atoms with Gasteiger partial charge in [0.15, 0.2) is 0 Å². The molecule has 0 aromatic carbocycles. The summed E-state index contributed by atoms with van der Waals surface area (Å²) in [5.74, 6) is 3.02. The Hall–Kier alpha value is -1.57. The highest BCUT2D eigenvalue weighted by molar-refractivity contribution is 7.99. The van der Waals surface area contributed by atoms with E-state index in [1.807, 2.05) is 0 Å². The van der Waals surface area contributed by atoms with Gasteiger partial charge < -0.3 is 5.73 Å². The number of thioether (sulfide) groups is 1. The van der Waals surface area contributed by atoms with Gasteiger partial charge in [0, 0.05) is 11.1 Å². The van der Waals surface area contributed by atoms with Crippen molar-refractivity contribution in [3.8, 4) is 0 Å². The van der Waals surface area contributed by atoms with Crippen LogP contribution in [-0.4, -0.2) is 32.6 Å². The van der Waals surface area contributed by atoms with E-state index in [-0.39, 0.29) is 11.7 Å². The fourth-order valence-corrected chi connectivity index (χ4v) is 5.84. The van der Waals surface area contributed by atoms with E-state index in [0.717, 1.165) is 17.8 Å². The summed E-state index contributed by atoms with van der Waals surface area (Å²) in [6.45, 7) is 2.15. The first-order valence-corrected chi connectivity index (χ1v) is 9.65. The highest BCUT2D eigenvalue weighted by Gasteiger charge is 2.52. The molecule has 0 radical (unpaired) electrons. The molecule has 0 atom stereocenters. The number of aromatic amines is 1. The quantitative estimate of drug-likeness (QED) is 0.415. The first-order chi connectivity index (χ1) is 11.5. The number of H-pyrrole nitrogens is 1. The lowest BCUT2D eigenvalue weighted by Gasteiger charge is -2.56. The molecular formula is C16H24N6OS. The second kappa shape index (κ2) is 6.06. The van der Waals surface area contributed by atoms with E-state index in [1.165, 1.54) is 56.0 Å². The molecule has 8 heteroatoms. The number of hydrogen-bond donors (Lipinski definition) is 3. The highest BCUT2D eigenvalue weighted by atomic mass is 32.2. The Kier molecular flexibility index (Phi) is 4.02. The van der Waals surface area contributed by atoms with Crippen LogP contribution in [0, 0.1) is 23.2 Å². The Morgan fingerprint density at radius 2 is 1.96 bits per heavy atom. The molecule has 4 aliphatic carbocycles. The summed E-state index contributed by atoms with van der Waals surface area (Å²) < 4.78 is 0. The van der Waals surface area contributed by atoms with Crippen LogP contribution in [0.25, 0.3) is 0 Å². The number of nitrogens with two attached hydrogens (primary N) is 1. The maximum Gasteiger partial charge on any atom is 0.240 e. The molecule has 4 N–H and O–H groups in total. The van der Waals surface area contributed by atoms with E-state index >= 15 is 0 Å². The van der Waals surface area contributed by atoms with Crippen molar-refractivity contribution in [1.29, 1.82) is 0 Å². The van der Waals surface area contributed by atoms with E-state index in [4.69, 9.17) is 5.73 Å². The number of anilines is 1. The first kappa shape index (κ1) is 15.9. The van der Waals surface area contributed by atoms with Crippen LogP contribution < -0.4 is 11.2 Å². The third kappa shape index (κ3) is 3.03. The molecule has 4 bridgehead atoms. The fraction of sp³-hybridized carbons (Fsp3) is 0.750. The lowest BCUT2D eigenvalue weighted by Crippen LogP contribution is -2.49. The van der Waals surface area contributed by atoms with Gasteiger partial charge in [-0.25, -0.2) is 10.5 Å². The number of aromatic nitrogens is 3.